The quantitative estimate of drug-likeness (QED) is 0.868. The average molecular weight is 347 g/mol. The van der Waals surface area contributed by atoms with Gasteiger partial charge >= 0.3 is 0 Å². The largest absolute Gasteiger partial charge is 0.496 e. The summed E-state index contributed by atoms with van der Waals surface area (Å²) < 4.78 is 6.33. The molecule has 2 aromatic carbocycles. The summed E-state index contributed by atoms with van der Waals surface area (Å²) in [5.41, 5.74) is 9.06. The van der Waals surface area contributed by atoms with E-state index in [0.29, 0.717) is 24.3 Å². The van der Waals surface area contributed by atoms with Crippen LogP contribution < -0.4 is 10.5 Å². The first-order chi connectivity index (χ1) is 10.1. The maximum atomic E-state index is 12.5. The zero-order valence-corrected chi connectivity index (χ0v) is 13.2. The van der Waals surface area contributed by atoms with Crippen LogP contribution in [0.15, 0.2) is 40.9 Å². The summed E-state index contributed by atoms with van der Waals surface area (Å²) in [6, 6.07) is 11.3. The lowest BCUT2D eigenvalue weighted by Gasteiger charge is -2.18. The minimum atomic E-state index is 0.0133. The van der Waals surface area contributed by atoms with Gasteiger partial charge in [-0.3, -0.25) is 4.79 Å². The molecule has 0 radical (unpaired) electrons. The molecule has 0 saturated heterocycles. The van der Waals surface area contributed by atoms with E-state index in [0.717, 1.165) is 21.3 Å². The van der Waals surface area contributed by atoms with Crippen LogP contribution in [0.2, 0.25) is 0 Å². The van der Waals surface area contributed by atoms with Gasteiger partial charge in [-0.25, -0.2) is 0 Å². The lowest BCUT2D eigenvalue weighted by molar-refractivity contribution is 0.0765. The summed E-state index contributed by atoms with van der Waals surface area (Å²) in [5.74, 6) is 0.792. The van der Waals surface area contributed by atoms with Gasteiger partial charge in [-0.05, 0) is 35.9 Å². The van der Waals surface area contributed by atoms with Crippen LogP contribution in [0.4, 0.5) is 5.69 Å². The van der Waals surface area contributed by atoms with Crippen molar-refractivity contribution in [2.24, 2.45) is 0 Å². The van der Waals surface area contributed by atoms with Gasteiger partial charge in [0.15, 0.2) is 0 Å². The monoisotopic (exact) mass is 346 g/mol. The molecule has 1 aliphatic rings. The molecule has 2 aromatic rings. The maximum absolute atomic E-state index is 12.5. The molecule has 0 aromatic heterocycles. The fourth-order valence-electron chi connectivity index (χ4n) is 2.58. The lowest BCUT2D eigenvalue weighted by Crippen LogP contribution is -2.23. The van der Waals surface area contributed by atoms with E-state index < -0.39 is 0 Å². The van der Waals surface area contributed by atoms with Crippen molar-refractivity contribution in [2.45, 2.75) is 13.1 Å². The highest BCUT2D eigenvalue weighted by Gasteiger charge is 2.28. The molecule has 2 N–H and O–H groups in total. The Morgan fingerprint density at radius 1 is 1.29 bits per heavy atom. The number of fused-ring (bicyclic) bond motifs is 1. The third-order valence-electron chi connectivity index (χ3n) is 3.62. The number of nitrogen functional groups attached to an aromatic ring is 1. The predicted octanol–water partition coefficient (Wildman–Crippen LogP) is 3.20. The number of hydrogen-bond donors (Lipinski definition) is 1. The molecule has 5 heteroatoms. The normalized spacial score (nSPS) is 13.4. The molecule has 21 heavy (non-hydrogen) atoms. The van der Waals surface area contributed by atoms with E-state index in [-0.39, 0.29) is 5.91 Å². The van der Waals surface area contributed by atoms with Gasteiger partial charge in [-0.1, -0.05) is 22.0 Å². The number of anilines is 1. The second-order valence-corrected chi connectivity index (χ2v) is 5.95. The molecule has 1 heterocycles. The average Bonchev–Trinajstić information content (AvgIpc) is 2.76. The zero-order valence-electron chi connectivity index (χ0n) is 11.6. The number of amides is 1. The van der Waals surface area contributed by atoms with E-state index in [4.69, 9.17) is 10.5 Å². The van der Waals surface area contributed by atoms with E-state index in [9.17, 15) is 4.79 Å². The number of rotatable bonds is 3. The third kappa shape index (κ3) is 2.61. The van der Waals surface area contributed by atoms with Crippen LogP contribution in [0.25, 0.3) is 0 Å². The summed E-state index contributed by atoms with van der Waals surface area (Å²) >= 11 is 3.45. The highest BCUT2D eigenvalue weighted by atomic mass is 79.9. The standard InChI is InChI=1S/C16H15BrN2O2/c1-21-15-5-3-12(17)6-11(15)9-19-8-10-2-4-13(18)7-14(10)16(19)20/h2-7H,8-9,18H2,1H3. The van der Waals surface area contributed by atoms with E-state index in [2.05, 4.69) is 15.9 Å². The molecule has 0 saturated carbocycles. The van der Waals surface area contributed by atoms with Gasteiger partial charge in [-0.2, -0.15) is 0 Å². The van der Waals surface area contributed by atoms with Crippen LogP contribution in [-0.4, -0.2) is 17.9 Å². The van der Waals surface area contributed by atoms with Gasteiger partial charge in [-0.15, -0.1) is 0 Å². The molecule has 108 valence electrons. The van der Waals surface area contributed by atoms with E-state index in [1.165, 1.54) is 0 Å². The zero-order chi connectivity index (χ0) is 15.0. The van der Waals surface area contributed by atoms with Gasteiger partial charge in [0.1, 0.15) is 5.75 Å². The minimum Gasteiger partial charge on any atom is -0.496 e. The van der Waals surface area contributed by atoms with Crippen molar-refractivity contribution in [1.82, 2.24) is 4.90 Å². The summed E-state index contributed by atoms with van der Waals surface area (Å²) in [6.45, 7) is 1.11. The van der Waals surface area contributed by atoms with Crippen LogP contribution in [0.3, 0.4) is 0 Å². The molecule has 1 amide bonds. The van der Waals surface area contributed by atoms with Crippen molar-refractivity contribution >= 4 is 27.5 Å². The fraction of sp³-hybridized carbons (Fsp3) is 0.188. The highest BCUT2D eigenvalue weighted by Crippen LogP contribution is 2.29. The number of hydrogen-bond acceptors (Lipinski definition) is 3. The number of carbonyl (C=O) groups excluding carboxylic acids is 1. The molecular weight excluding hydrogens is 332 g/mol. The summed E-state index contributed by atoms with van der Waals surface area (Å²) in [4.78, 5) is 14.3. The predicted molar refractivity (Wildman–Crippen MR) is 85.1 cm³/mol. The molecule has 0 fully saturated rings. The van der Waals surface area contributed by atoms with E-state index >= 15 is 0 Å². The summed E-state index contributed by atoms with van der Waals surface area (Å²) in [6.07, 6.45) is 0. The number of methoxy groups -OCH3 is 1. The number of benzene rings is 2. The van der Waals surface area contributed by atoms with Gasteiger partial charge in [0.2, 0.25) is 0 Å². The van der Waals surface area contributed by atoms with Gasteiger partial charge in [0.05, 0.1) is 13.7 Å². The Balaban J connectivity index is 1.88. The Kier molecular flexibility index (Phi) is 3.59. The topological polar surface area (TPSA) is 55.6 Å². The lowest BCUT2D eigenvalue weighted by atomic mass is 10.1. The van der Waals surface area contributed by atoms with Crippen LogP contribution in [-0.2, 0) is 13.1 Å². The first-order valence-corrected chi connectivity index (χ1v) is 7.38. The van der Waals surface area contributed by atoms with Crippen molar-refractivity contribution in [3.05, 3.63) is 57.6 Å². The fourth-order valence-corrected chi connectivity index (χ4v) is 2.99. The smallest absolute Gasteiger partial charge is 0.254 e. The van der Waals surface area contributed by atoms with Crippen molar-refractivity contribution in [2.75, 3.05) is 12.8 Å². The molecule has 4 nitrogen and oxygen atoms in total. The number of halogens is 1. The Morgan fingerprint density at radius 2 is 2.10 bits per heavy atom. The Morgan fingerprint density at radius 3 is 2.86 bits per heavy atom. The van der Waals surface area contributed by atoms with Crippen LogP contribution in [0, 0.1) is 0 Å². The van der Waals surface area contributed by atoms with Gasteiger partial charge < -0.3 is 15.4 Å². The van der Waals surface area contributed by atoms with Crippen molar-refractivity contribution in [1.29, 1.82) is 0 Å². The number of nitrogens with zero attached hydrogens (tertiary/aromatic N) is 1. The number of ether oxygens (including phenoxy) is 1. The number of nitrogens with two attached hydrogens (primary N) is 1. The van der Waals surface area contributed by atoms with Gasteiger partial charge in [0, 0.05) is 27.8 Å². The first kappa shape index (κ1) is 13.9. The molecule has 0 bridgehead atoms. The molecule has 1 aliphatic heterocycles. The highest BCUT2D eigenvalue weighted by molar-refractivity contribution is 9.10. The van der Waals surface area contributed by atoms with E-state index in [1.54, 1.807) is 18.1 Å². The molecule has 0 atom stereocenters. The Labute approximate surface area is 131 Å². The van der Waals surface area contributed by atoms with Gasteiger partial charge in [0.25, 0.3) is 5.91 Å². The number of carbonyl (C=O) groups is 1. The molecule has 0 unspecified atom stereocenters. The molecular formula is C16H15BrN2O2. The van der Waals surface area contributed by atoms with Crippen molar-refractivity contribution in [3.63, 3.8) is 0 Å². The van der Waals surface area contributed by atoms with Crippen molar-refractivity contribution in [3.8, 4) is 5.75 Å². The SMILES string of the molecule is COc1ccc(Br)cc1CN1Cc2ccc(N)cc2C1=O. The molecule has 3 rings (SSSR count). The van der Waals surface area contributed by atoms with Crippen LogP contribution in [0.1, 0.15) is 21.5 Å². The van der Waals surface area contributed by atoms with E-state index in [1.807, 2.05) is 30.3 Å². The summed E-state index contributed by atoms with van der Waals surface area (Å²) in [5, 5.41) is 0. The van der Waals surface area contributed by atoms with Crippen LogP contribution in [0.5, 0.6) is 5.75 Å². The summed E-state index contributed by atoms with van der Waals surface area (Å²) in [7, 11) is 1.63. The molecule has 0 aliphatic carbocycles. The second-order valence-electron chi connectivity index (χ2n) is 5.03. The maximum Gasteiger partial charge on any atom is 0.254 e. The van der Waals surface area contributed by atoms with Crippen molar-refractivity contribution < 1.29 is 9.53 Å². The molecule has 0 spiro atoms. The minimum absolute atomic E-state index is 0.0133. The Bertz CT molecular complexity index is 715. The second kappa shape index (κ2) is 5.41. The Hall–Kier alpha value is -2.01. The van der Waals surface area contributed by atoms with Crippen LogP contribution >= 0.6 is 15.9 Å². The third-order valence-corrected chi connectivity index (χ3v) is 4.11. The first-order valence-electron chi connectivity index (χ1n) is 6.58.